The highest BCUT2D eigenvalue weighted by Crippen LogP contribution is 2.16. The monoisotopic (exact) mass is 159 g/mol. The molecule has 11 heavy (non-hydrogen) atoms. The van der Waals surface area contributed by atoms with E-state index in [1.807, 2.05) is 12.1 Å². The Labute approximate surface area is 70.5 Å². The van der Waals surface area contributed by atoms with Crippen LogP contribution in [0.25, 0.3) is 10.2 Å². The number of thiazole rings is 1. The van der Waals surface area contributed by atoms with E-state index in [0.29, 0.717) is 4.91 Å². The van der Waals surface area contributed by atoms with Crippen molar-refractivity contribution in [3.8, 4) is 0 Å². The van der Waals surface area contributed by atoms with E-state index in [4.69, 9.17) is 7.85 Å². The topological polar surface area (TPSA) is 12.9 Å². The first-order valence-corrected chi connectivity index (χ1v) is 4.20. The quantitative estimate of drug-likeness (QED) is 0.529. The molecule has 1 nitrogen and oxygen atoms in total. The second-order valence-electron chi connectivity index (χ2n) is 2.52. The summed E-state index contributed by atoms with van der Waals surface area (Å²) in [7, 11) is 5.55. The lowest BCUT2D eigenvalue weighted by Gasteiger charge is -1.88. The summed E-state index contributed by atoms with van der Waals surface area (Å²) in [5.41, 5.74) is 2.25. The SMILES string of the molecule is [B]c1nc2ccc(C)cc2s1. The number of aryl methyl sites for hydroxylation is 1. The summed E-state index contributed by atoms with van der Waals surface area (Å²) in [6.07, 6.45) is 0. The van der Waals surface area contributed by atoms with Gasteiger partial charge in [0.1, 0.15) is 0 Å². The van der Waals surface area contributed by atoms with E-state index in [2.05, 4.69) is 18.0 Å². The first kappa shape index (κ1) is 6.86. The van der Waals surface area contributed by atoms with Gasteiger partial charge in [-0.25, -0.2) is 0 Å². The predicted octanol–water partition coefficient (Wildman–Crippen LogP) is 1.40. The molecule has 1 aromatic heterocycles. The molecule has 1 aromatic carbocycles. The molecule has 0 aliphatic carbocycles. The third kappa shape index (κ3) is 1.16. The largest absolute Gasteiger partial charge is 0.253 e. The normalized spacial score (nSPS) is 10.6. The molecule has 0 fully saturated rings. The van der Waals surface area contributed by atoms with Crippen LogP contribution in [0.15, 0.2) is 18.2 Å². The predicted molar refractivity (Wildman–Crippen MR) is 49.7 cm³/mol. The van der Waals surface area contributed by atoms with Gasteiger partial charge >= 0.3 is 0 Å². The molecule has 0 atom stereocenters. The Morgan fingerprint density at radius 3 is 3.09 bits per heavy atom. The second-order valence-corrected chi connectivity index (χ2v) is 3.59. The molecule has 0 aliphatic heterocycles. The molecule has 2 aromatic rings. The highest BCUT2D eigenvalue weighted by molar-refractivity contribution is 7.25. The summed E-state index contributed by atoms with van der Waals surface area (Å²) in [6.45, 7) is 2.06. The third-order valence-electron chi connectivity index (χ3n) is 1.56. The highest BCUT2D eigenvalue weighted by Gasteiger charge is 1.97. The van der Waals surface area contributed by atoms with Crippen LogP contribution in [0.3, 0.4) is 0 Å². The molecule has 0 spiro atoms. The van der Waals surface area contributed by atoms with Crippen LogP contribution in [0.4, 0.5) is 0 Å². The molecular formula is C8H6BNS. The first-order valence-electron chi connectivity index (χ1n) is 3.38. The maximum Gasteiger partial charge on any atom is 0.157 e. The molecule has 0 aliphatic rings. The van der Waals surface area contributed by atoms with Crippen molar-refractivity contribution in [2.45, 2.75) is 6.92 Å². The maximum atomic E-state index is 5.55. The minimum Gasteiger partial charge on any atom is -0.253 e. The van der Waals surface area contributed by atoms with Gasteiger partial charge in [-0.2, -0.15) is 0 Å². The number of aromatic nitrogens is 1. The molecular weight excluding hydrogens is 153 g/mol. The molecule has 0 unspecified atom stereocenters. The first-order chi connectivity index (χ1) is 5.25. The van der Waals surface area contributed by atoms with E-state index in [0.717, 1.165) is 5.52 Å². The third-order valence-corrected chi connectivity index (χ3v) is 2.41. The zero-order valence-electron chi connectivity index (χ0n) is 6.16. The van der Waals surface area contributed by atoms with Crippen LogP contribution in [-0.4, -0.2) is 12.8 Å². The smallest absolute Gasteiger partial charge is 0.157 e. The molecule has 2 radical (unpaired) electrons. The van der Waals surface area contributed by atoms with E-state index in [1.54, 1.807) is 0 Å². The van der Waals surface area contributed by atoms with Crippen LogP contribution in [0, 0.1) is 6.92 Å². The Morgan fingerprint density at radius 1 is 1.45 bits per heavy atom. The molecule has 0 N–H and O–H groups in total. The van der Waals surface area contributed by atoms with Crippen molar-refractivity contribution >= 4 is 34.3 Å². The maximum absolute atomic E-state index is 5.55. The highest BCUT2D eigenvalue weighted by atomic mass is 32.1. The lowest BCUT2D eigenvalue weighted by Crippen LogP contribution is -1.96. The van der Waals surface area contributed by atoms with E-state index in [-0.39, 0.29) is 0 Å². The van der Waals surface area contributed by atoms with Gasteiger partial charge in [0, 0.05) is 4.91 Å². The lowest BCUT2D eigenvalue weighted by atomic mass is 10.2. The zero-order chi connectivity index (χ0) is 7.84. The van der Waals surface area contributed by atoms with Crippen molar-refractivity contribution in [3.05, 3.63) is 23.8 Å². The summed E-state index contributed by atoms with van der Waals surface area (Å²) in [5, 5.41) is 0. The lowest BCUT2D eigenvalue weighted by molar-refractivity contribution is 1.48. The van der Waals surface area contributed by atoms with E-state index < -0.39 is 0 Å². The average Bonchev–Trinajstić information content (AvgIpc) is 2.27. The fourth-order valence-corrected chi connectivity index (χ4v) is 1.88. The number of hydrogen-bond acceptors (Lipinski definition) is 2. The Balaban J connectivity index is 2.82. The average molecular weight is 159 g/mol. The molecule has 3 heteroatoms. The van der Waals surface area contributed by atoms with Crippen molar-refractivity contribution in [3.63, 3.8) is 0 Å². The Bertz CT molecular complexity index is 394. The van der Waals surface area contributed by atoms with Crippen LogP contribution in [0.1, 0.15) is 5.56 Å². The summed E-state index contributed by atoms with van der Waals surface area (Å²) in [5.74, 6) is 0. The fourth-order valence-electron chi connectivity index (χ4n) is 1.05. The van der Waals surface area contributed by atoms with Crippen LogP contribution in [-0.2, 0) is 0 Å². The fraction of sp³-hybridized carbons (Fsp3) is 0.125. The van der Waals surface area contributed by atoms with Crippen LogP contribution in [0.5, 0.6) is 0 Å². The summed E-state index contributed by atoms with van der Waals surface area (Å²) >= 11 is 1.53. The molecule has 0 saturated heterocycles. The standard InChI is InChI=1S/C8H6BNS/c1-5-2-3-6-7(4-5)11-8(9)10-6/h2-4H,1H3. The molecule has 0 saturated carbocycles. The zero-order valence-corrected chi connectivity index (χ0v) is 6.98. The minimum absolute atomic E-state index is 0.644. The van der Waals surface area contributed by atoms with Crippen LogP contribution in [0.2, 0.25) is 0 Å². The number of hydrogen-bond donors (Lipinski definition) is 0. The van der Waals surface area contributed by atoms with E-state index >= 15 is 0 Å². The van der Waals surface area contributed by atoms with Gasteiger partial charge in [0.15, 0.2) is 7.85 Å². The second kappa shape index (κ2) is 2.34. The van der Waals surface area contributed by atoms with Crippen molar-refractivity contribution in [1.82, 2.24) is 4.98 Å². The molecule has 52 valence electrons. The van der Waals surface area contributed by atoms with Gasteiger partial charge in [-0.05, 0) is 24.6 Å². The molecule has 0 bridgehead atoms. The molecule has 2 rings (SSSR count). The number of benzene rings is 1. The minimum atomic E-state index is 0.644. The van der Waals surface area contributed by atoms with Crippen LogP contribution < -0.4 is 4.91 Å². The van der Waals surface area contributed by atoms with Crippen molar-refractivity contribution in [2.24, 2.45) is 0 Å². The van der Waals surface area contributed by atoms with Gasteiger partial charge in [-0.3, -0.25) is 4.98 Å². The Kier molecular flexibility index (Phi) is 1.46. The van der Waals surface area contributed by atoms with Crippen molar-refractivity contribution < 1.29 is 0 Å². The van der Waals surface area contributed by atoms with Gasteiger partial charge in [-0.15, -0.1) is 11.3 Å². The summed E-state index contributed by atoms with van der Waals surface area (Å²) < 4.78 is 1.17. The summed E-state index contributed by atoms with van der Waals surface area (Å²) in [6, 6.07) is 6.14. The Hall–Kier alpha value is -0.825. The number of fused-ring (bicyclic) bond motifs is 1. The van der Waals surface area contributed by atoms with Gasteiger partial charge < -0.3 is 0 Å². The van der Waals surface area contributed by atoms with Crippen molar-refractivity contribution in [1.29, 1.82) is 0 Å². The van der Waals surface area contributed by atoms with Gasteiger partial charge in [0.2, 0.25) is 0 Å². The van der Waals surface area contributed by atoms with E-state index in [9.17, 15) is 0 Å². The number of rotatable bonds is 0. The van der Waals surface area contributed by atoms with Gasteiger partial charge in [-0.1, -0.05) is 6.07 Å². The summed E-state index contributed by atoms with van der Waals surface area (Å²) in [4.78, 5) is 4.79. The van der Waals surface area contributed by atoms with Gasteiger partial charge in [0.05, 0.1) is 10.2 Å². The molecule has 0 amide bonds. The van der Waals surface area contributed by atoms with Crippen molar-refractivity contribution in [2.75, 3.05) is 0 Å². The van der Waals surface area contributed by atoms with Gasteiger partial charge in [0.25, 0.3) is 0 Å². The van der Waals surface area contributed by atoms with E-state index in [1.165, 1.54) is 21.6 Å². The molecule has 1 heterocycles. The number of nitrogens with zero attached hydrogens (tertiary/aromatic N) is 1. The Morgan fingerprint density at radius 2 is 2.27 bits per heavy atom. The van der Waals surface area contributed by atoms with Crippen LogP contribution >= 0.6 is 11.3 Å².